The van der Waals surface area contributed by atoms with Crippen LogP contribution in [-0.2, 0) is 33.6 Å². The standard InChI is InChI=1S/C30H32F3NO5/c1-5-34(29(36)39-19-21-12-8-7-9-13-21)18-22-14-10-11-15-23(22)25-16-24(20(3)28(35)38-6-2)26(30(31,32)33)17-27(25)37-4/h7-17,20H,5-6,18-19H2,1-4H3. The summed E-state index contributed by atoms with van der Waals surface area (Å²) < 4.78 is 57.9. The molecule has 0 N–H and O–H groups in total. The molecule has 39 heavy (non-hydrogen) atoms. The molecule has 0 bridgehead atoms. The van der Waals surface area contributed by atoms with Gasteiger partial charge in [0.25, 0.3) is 0 Å². The fourth-order valence-corrected chi connectivity index (χ4v) is 4.22. The van der Waals surface area contributed by atoms with Gasteiger partial charge in [0.1, 0.15) is 12.4 Å². The van der Waals surface area contributed by atoms with Gasteiger partial charge in [-0.2, -0.15) is 13.2 Å². The van der Waals surface area contributed by atoms with E-state index in [0.29, 0.717) is 23.2 Å². The Kier molecular flexibility index (Phi) is 9.98. The molecule has 0 aliphatic carbocycles. The number of esters is 1. The summed E-state index contributed by atoms with van der Waals surface area (Å²) in [7, 11) is 1.29. The maximum absolute atomic E-state index is 14.0. The highest BCUT2D eigenvalue weighted by atomic mass is 19.4. The Hall–Kier alpha value is -4.01. The molecule has 1 unspecified atom stereocenters. The lowest BCUT2D eigenvalue weighted by Crippen LogP contribution is -2.31. The van der Waals surface area contributed by atoms with E-state index in [1.807, 2.05) is 37.3 Å². The number of alkyl halides is 3. The lowest BCUT2D eigenvalue weighted by molar-refractivity contribution is -0.145. The molecule has 3 rings (SSSR count). The molecule has 0 fully saturated rings. The van der Waals surface area contributed by atoms with Crippen LogP contribution in [0.15, 0.2) is 66.7 Å². The van der Waals surface area contributed by atoms with Crippen molar-refractivity contribution < 1.29 is 37.0 Å². The predicted octanol–water partition coefficient (Wildman–Crippen LogP) is 7.21. The van der Waals surface area contributed by atoms with Gasteiger partial charge in [0.2, 0.25) is 0 Å². The van der Waals surface area contributed by atoms with Gasteiger partial charge in [-0.25, -0.2) is 4.79 Å². The molecule has 6 nitrogen and oxygen atoms in total. The maximum atomic E-state index is 14.0. The van der Waals surface area contributed by atoms with E-state index in [1.165, 1.54) is 25.0 Å². The second-order valence-corrected chi connectivity index (χ2v) is 8.82. The van der Waals surface area contributed by atoms with Crippen LogP contribution in [0.4, 0.5) is 18.0 Å². The molecule has 0 aromatic heterocycles. The molecule has 1 amide bonds. The molecule has 0 saturated carbocycles. The molecule has 3 aromatic carbocycles. The molecule has 0 aliphatic rings. The topological polar surface area (TPSA) is 65.1 Å². The maximum Gasteiger partial charge on any atom is 0.416 e. The SMILES string of the molecule is CCOC(=O)C(C)c1cc(-c2ccccc2CN(CC)C(=O)OCc2ccccc2)c(OC)cc1C(F)(F)F. The number of hydrogen-bond acceptors (Lipinski definition) is 5. The molecule has 3 aromatic rings. The van der Waals surface area contributed by atoms with Crippen molar-refractivity contribution in [1.82, 2.24) is 4.90 Å². The van der Waals surface area contributed by atoms with Crippen molar-refractivity contribution in [1.29, 1.82) is 0 Å². The number of nitrogens with zero attached hydrogens (tertiary/aromatic N) is 1. The summed E-state index contributed by atoms with van der Waals surface area (Å²) in [6.45, 7) is 5.43. The van der Waals surface area contributed by atoms with E-state index >= 15 is 0 Å². The van der Waals surface area contributed by atoms with Gasteiger partial charge < -0.3 is 19.1 Å². The summed E-state index contributed by atoms with van der Waals surface area (Å²) in [5, 5.41) is 0. The van der Waals surface area contributed by atoms with Crippen molar-refractivity contribution >= 4 is 12.1 Å². The van der Waals surface area contributed by atoms with Crippen molar-refractivity contribution in [2.45, 2.75) is 46.0 Å². The van der Waals surface area contributed by atoms with Crippen LogP contribution in [-0.4, -0.2) is 37.2 Å². The van der Waals surface area contributed by atoms with E-state index in [1.54, 1.807) is 31.2 Å². The van der Waals surface area contributed by atoms with Crippen LogP contribution in [0.2, 0.25) is 0 Å². The van der Waals surface area contributed by atoms with Crippen LogP contribution in [0.3, 0.4) is 0 Å². The minimum absolute atomic E-state index is 0.00992. The van der Waals surface area contributed by atoms with Crippen molar-refractivity contribution in [3.8, 4) is 16.9 Å². The van der Waals surface area contributed by atoms with Gasteiger partial charge in [-0.05, 0) is 55.2 Å². The van der Waals surface area contributed by atoms with Crippen LogP contribution in [0.1, 0.15) is 48.9 Å². The average molecular weight is 544 g/mol. The number of rotatable bonds is 10. The Labute approximate surface area is 226 Å². The number of amides is 1. The predicted molar refractivity (Wildman–Crippen MR) is 141 cm³/mol. The Morgan fingerprint density at radius 3 is 2.21 bits per heavy atom. The Morgan fingerprint density at radius 2 is 1.59 bits per heavy atom. The fraction of sp³-hybridized carbons (Fsp3) is 0.333. The third-order valence-corrected chi connectivity index (χ3v) is 6.30. The number of ether oxygens (including phenoxy) is 3. The van der Waals surface area contributed by atoms with Crippen LogP contribution in [0.25, 0.3) is 11.1 Å². The van der Waals surface area contributed by atoms with Crippen LogP contribution >= 0.6 is 0 Å². The second-order valence-electron chi connectivity index (χ2n) is 8.82. The van der Waals surface area contributed by atoms with Crippen molar-refractivity contribution in [2.24, 2.45) is 0 Å². The molecule has 1 atom stereocenters. The van der Waals surface area contributed by atoms with Crippen molar-refractivity contribution in [3.63, 3.8) is 0 Å². The van der Waals surface area contributed by atoms with Gasteiger partial charge in [0, 0.05) is 18.7 Å². The summed E-state index contributed by atoms with van der Waals surface area (Å²) in [4.78, 5) is 26.8. The van der Waals surface area contributed by atoms with E-state index in [0.717, 1.165) is 11.6 Å². The highest BCUT2D eigenvalue weighted by molar-refractivity contribution is 5.82. The Bertz CT molecular complexity index is 1280. The zero-order valence-corrected chi connectivity index (χ0v) is 22.4. The first-order chi connectivity index (χ1) is 18.6. The second kappa shape index (κ2) is 13.2. The summed E-state index contributed by atoms with van der Waals surface area (Å²) >= 11 is 0. The number of carbonyl (C=O) groups excluding carboxylic acids is 2. The summed E-state index contributed by atoms with van der Waals surface area (Å²) in [6, 6.07) is 18.6. The van der Waals surface area contributed by atoms with E-state index in [-0.39, 0.29) is 31.1 Å². The molecule has 0 saturated heterocycles. The third-order valence-electron chi connectivity index (χ3n) is 6.30. The molecule has 0 spiro atoms. The van der Waals surface area contributed by atoms with Crippen molar-refractivity contribution in [2.75, 3.05) is 20.3 Å². The smallest absolute Gasteiger partial charge is 0.416 e. The van der Waals surface area contributed by atoms with Crippen molar-refractivity contribution in [3.05, 3.63) is 89.0 Å². The van der Waals surface area contributed by atoms with Gasteiger partial charge in [0.15, 0.2) is 0 Å². The van der Waals surface area contributed by atoms with E-state index in [9.17, 15) is 22.8 Å². The monoisotopic (exact) mass is 543 g/mol. The lowest BCUT2D eigenvalue weighted by Gasteiger charge is -2.24. The first-order valence-electron chi connectivity index (χ1n) is 12.6. The van der Waals surface area contributed by atoms with Gasteiger partial charge >= 0.3 is 18.2 Å². The minimum atomic E-state index is -4.72. The Morgan fingerprint density at radius 1 is 0.923 bits per heavy atom. The highest BCUT2D eigenvalue weighted by Gasteiger charge is 2.38. The van der Waals surface area contributed by atoms with Gasteiger partial charge in [-0.1, -0.05) is 54.6 Å². The van der Waals surface area contributed by atoms with Gasteiger partial charge in [-0.15, -0.1) is 0 Å². The number of carbonyl (C=O) groups is 2. The van der Waals surface area contributed by atoms with Gasteiger partial charge in [0.05, 0.1) is 25.2 Å². The Balaban J connectivity index is 2.01. The molecule has 0 heterocycles. The summed E-state index contributed by atoms with van der Waals surface area (Å²) in [5.41, 5.74) is 1.25. The fourth-order valence-electron chi connectivity index (χ4n) is 4.22. The molecule has 208 valence electrons. The van der Waals surface area contributed by atoms with Crippen LogP contribution in [0, 0.1) is 0 Å². The van der Waals surface area contributed by atoms with E-state index in [2.05, 4.69) is 0 Å². The lowest BCUT2D eigenvalue weighted by atomic mass is 9.89. The number of methoxy groups -OCH3 is 1. The minimum Gasteiger partial charge on any atom is -0.496 e. The zero-order chi connectivity index (χ0) is 28.6. The van der Waals surface area contributed by atoms with Crippen LogP contribution < -0.4 is 4.74 Å². The molecule has 9 heteroatoms. The molecule has 0 aliphatic heterocycles. The first kappa shape index (κ1) is 29.5. The number of benzene rings is 3. The normalized spacial score (nSPS) is 12.0. The zero-order valence-electron chi connectivity index (χ0n) is 22.4. The first-order valence-corrected chi connectivity index (χ1v) is 12.6. The quantitative estimate of drug-likeness (QED) is 0.253. The number of hydrogen-bond donors (Lipinski definition) is 0. The largest absolute Gasteiger partial charge is 0.496 e. The number of halogens is 3. The molecular weight excluding hydrogens is 511 g/mol. The van der Waals surface area contributed by atoms with Crippen LogP contribution in [0.5, 0.6) is 5.75 Å². The molecular formula is C30H32F3NO5. The van der Waals surface area contributed by atoms with E-state index in [4.69, 9.17) is 14.2 Å². The summed E-state index contributed by atoms with van der Waals surface area (Å²) in [6.07, 6.45) is -5.24. The molecule has 0 radical (unpaired) electrons. The van der Waals surface area contributed by atoms with E-state index < -0.39 is 29.7 Å². The summed E-state index contributed by atoms with van der Waals surface area (Å²) in [5.74, 6) is -1.94. The highest BCUT2D eigenvalue weighted by Crippen LogP contribution is 2.43. The third kappa shape index (κ3) is 7.31. The average Bonchev–Trinajstić information content (AvgIpc) is 2.93. The van der Waals surface area contributed by atoms with Gasteiger partial charge in [-0.3, -0.25) is 4.79 Å².